The molecule has 0 bridgehead atoms. The summed E-state index contributed by atoms with van der Waals surface area (Å²) in [4.78, 5) is 46.9. The van der Waals surface area contributed by atoms with Gasteiger partial charge >= 0.3 is 5.69 Å². The van der Waals surface area contributed by atoms with E-state index in [-0.39, 0.29) is 24.0 Å². The predicted molar refractivity (Wildman–Crippen MR) is 117 cm³/mol. The minimum atomic E-state index is -0.966. The second-order valence-corrected chi connectivity index (χ2v) is 10.2. The molecule has 1 aliphatic heterocycles. The molecule has 0 radical (unpaired) electrons. The third-order valence-electron chi connectivity index (χ3n) is 6.58. The first-order valence-corrected chi connectivity index (χ1v) is 11.5. The zero-order valence-electron chi connectivity index (χ0n) is 18.2. The largest absolute Gasteiger partial charge is 0.352 e. The van der Waals surface area contributed by atoms with Gasteiger partial charge in [-0.2, -0.15) is 0 Å². The summed E-state index contributed by atoms with van der Waals surface area (Å²) in [5, 5.41) is 8.31. The number of hydrogen-bond donors (Lipinski definition) is 1. The number of rotatable bonds is 2. The number of aromatic nitrogens is 4. The van der Waals surface area contributed by atoms with E-state index in [1.807, 2.05) is 0 Å². The van der Waals surface area contributed by atoms with Gasteiger partial charge in [0.05, 0.1) is 5.39 Å². The predicted octanol–water partition coefficient (Wildman–Crippen LogP) is 1.28. The van der Waals surface area contributed by atoms with Crippen LogP contribution in [0.15, 0.2) is 4.79 Å². The van der Waals surface area contributed by atoms with Crippen molar-refractivity contribution in [1.29, 1.82) is 0 Å². The Kier molecular flexibility index (Phi) is 4.47. The van der Waals surface area contributed by atoms with Crippen LogP contribution in [0.3, 0.4) is 0 Å². The molecule has 1 aliphatic carbocycles. The highest BCUT2D eigenvalue weighted by Gasteiger charge is 2.40. The summed E-state index contributed by atoms with van der Waals surface area (Å²) in [5.74, 6) is 0.708. The molecule has 5 rings (SSSR count). The van der Waals surface area contributed by atoms with E-state index in [0.29, 0.717) is 30.5 Å². The van der Waals surface area contributed by atoms with Crippen molar-refractivity contribution in [2.75, 3.05) is 13.1 Å². The van der Waals surface area contributed by atoms with Crippen LogP contribution in [0.25, 0.3) is 15.9 Å². The summed E-state index contributed by atoms with van der Waals surface area (Å²) in [6.07, 6.45) is 3.08. The average Bonchev–Trinajstić information content (AvgIpc) is 3.21. The fourth-order valence-electron chi connectivity index (χ4n) is 4.76. The number of fused-ring (bicyclic) bond motifs is 5. The summed E-state index contributed by atoms with van der Waals surface area (Å²) >= 11 is 1.69. The van der Waals surface area contributed by atoms with E-state index in [1.165, 1.54) is 24.4 Å². The van der Waals surface area contributed by atoms with Gasteiger partial charge in [0.2, 0.25) is 11.8 Å². The summed E-state index contributed by atoms with van der Waals surface area (Å²) in [6, 6.07) is 0. The minimum Gasteiger partial charge on any atom is -0.352 e. The maximum Gasteiger partial charge on any atom is 0.352 e. The van der Waals surface area contributed by atoms with Crippen LogP contribution in [0.2, 0.25) is 0 Å². The lowest BCUT2D eigenvalue weighted by Crippen LogP contribution is -2.64. The Morgan fingerprint density at radius 2 is 2.10 bits per heavy atom. The molecule has 2 aliphatic rings. The number of nitrogens with one attached hydrogen (secondary N) is 1. The van der Waals surface area contributed by atoms with Gasteiger partial charge in [0.1, 0.15) is 22.7 Å². The van der Waals surface area contributed by atoms with Crippen LogP contribution in [0.4, 0.5) is 0 Å². The van der Waals surface area contributed by atoms with Crippen LogP contribution in [-0.2, 0) is 29.0 Å². The standard InChI is InChI=1S/C21H26N6O3S/c1-11-5-6-13-14(9-11)31-18-16(13)17-24-26(20(30)27(17)12(2)23-18)10-15(28)25-8-7-22-19(29)21(25,3)4/h11H,5-10H2,1-4H3,(H,22,29)/t11-/m1/s1. The first-order valence-electron chi connectivity index (χ1n) is 10.7. The fourth-order valence-corrected chi connectivity index (χ4v) is 6.18. The summed E-state index contributed by atoms with van der Waals surface area (Å²) in [5.41, 5.74) is 0.473. The van der Waals surface area contributed by atoms with Crippen molar-refractivity contribution in [1.82, 2.24) is 29.4 Å². The molecule has 0 spiro atoms. The van der Waals surface area contributed by atoms with Gasteiger partial charge in [0.25, 0.3) is 0 Å². The molecule has 3 aromatic rings. The smallest absolute Gasteiger partial charge is 0.352 e. The molecule has 0 unspecified atom stereocenters. The Hall–Kier alpha value is -2.75. The highest BCUT2D eigenvalue weighted by molar-refractivity contribution is 7.19. The maximum atomic E-state index is 13.2. The van der Waals surface area contributed by atoms with E-state index >= 15 is 0 Å². The number of thiophene rings is 1. The van der Waals surface area contributed by atoms with Gasteiger partial charge in [0, 0.05) is 18.0 Å². The molecule has 164 valence electrons. The van der Waals surface area contributed by atoms with Crippen molar-refractivity contribution in [2.45, 2.75) is 59.0 Å². The lowest BCUT2D eigenvalue weighted by atomic mass is 9.89. The number of carbonyl (C=O) groups is 2. The number of piperazine rings is 1. The molecule has 9 nitrogen and oxygen atoms in total. The summed E-state index contributed by atoms with van der Waals surface area (Å²) < 4.78 is 2.72. The first kappa shape index (κ1) is 20.2. The normalized spacial score (nSPS) is 20.8. The van der Waals surface area contributed by atoms with Gasteiger partial charge < -0.3 is 10.2 Å². The Labute approximate surface area is 183 Å². The highest BCUT2D eigenvalue weighted by Crippen LogP contribution is 2.38. The number of aryl methyl sites for hydroxylation is 2. The average molecular weight is 443 g/mol. The van der Waals surface area contributed by atoms with E-state index < -0.39 is 5.54 Å². The number of amides is 2. The molecular weight excluding hydrogens is 416 g/mol. The molecule has 10 heteroatoms. The second-order valence-electron chi connectivity index (χ2n) is 9.15. The molecule has 3 aromatic heterocycles. The highest BCUT2D eigenvalue weighted by atomic mass is 32.1. The third-order valence-corrected chi connectivity index (χ3v) is 7.73. The minimum absolute atomic E-state index is 0.199. The molecule has 0 aromatic carbocycles. The van der Waals surface area contributed by atoms with Crippen molar-refractivity contribution in [3.05, 3.63) is 26.7 Å². The zero-order chi connectivity index (χ0) is 22.1. The maximum absolute atomic E-state index is 13.2. The van der Waals surface area contributed by atoms with Gasteiger partial charge in [0.15, 0.2) is 5.65 Å². The van der Waals surface area contributed by atoms with Crippen molar-refractivity contribution in [2.24, 2.45) is 5.92 Å². The van der Waals surface area contributed by atoms with E-state index in [0.717, 1.165) is 29.5 Å². The zero-order valence-corrected chi connectivity index (χ0v) is 19.0. The van der Waals surface area contributed by atoms with Crippen LogP contribution in [-0.4, -0.2) is 54.5 Å². The van der Waals surface area contributed by atoms with Gasteiger partial charge in [-0.25, -0.2) is 18.9 Å². The van der Waals surface area contributed by atoms with Crippen LogP contribution in [0.5, 0.6) is 0 Å². The van der Waals surface area contributed by atoms with E-state index in [9.17, 15) is 14.4 Å². The van der Waals surface area contributed by atoms with Crippen molar-refractivity contribution in [3.8, 4) is 0 Å². The van der Waals surface area contributed by atoms with Crippen LogP contribution < -0.4 is 11.0 Å². The quantitative estimate of drug-likeness (QED) is 0.644. The lowest BCUT2D eigenvalue weighted by Gasteiger charge is -2.41. The molecule has 2 amide bonds. The van der Waals surface area contributed by atoms with Gasteiger partial charge in [-0.05, 0) is 51.5 Å². The number of hydrogen-bond acceptors (Lipinski definition) is 6. The van der Waals surface area contributed by atoms with Gasteiger partial charge in [-0.3, -0.25) is 9.59 Å². The Morgan fingerprint density at radius 1 is 1.32 bits per heavy atom. The molecule has 1 N–H and O–H groups in total. The van der Waals surface area contributed by atoms with Crippen LogP contribution >= 0.6 is 11.3 Å². The van der Waals surface area contributed by atoms with Crippen molar-refractivity contribution >= 4 is 39.0 Å². The molecule has 4 heterocycles. The number of carbonyl (C=O) groups excluding carboxylic acids is 2. The SMILES string of the molecule is Cc1nc2sc3c(c2c2nn(CC(=O)N4CCNC(=O)C4(C)C)c(=O)n12)CC[C@@H](C)C3. The van der Waals surface area contributed by atoms with E-state index in [4.69, 9.17) is 0 Å². The molecule has 1 atom stereocenters. The fraction of sp³-hybridized carbons (Fsp3) is 0.571. The van der Waals surface area contributed by atoms with Crippen LogP contribution in [0, 0.1) is 12.8 Å². The molecule has 1 saturated heterocycles. The van der Waals surface area contributed by atoms with Crippen molar-refractivity contribution in [3.63, 3.8) is 0 Å². The Bertz CT molecular complexity index is 1300. The van der Waals surface area contributed by atoms with Gasteiger partial charge in [-0.15, -0.1) is 16.4 Å². The molecule has 31 heavy (non-hydrogen) atoms. The van der Waals surface area contributed by atoms with Crippen LogP contribution in [0.1, 0.15) is 43.5 Å². The topological polar surface area (TPSA) is 102 Å². The third kappa shape index (κ3) is 2.99. The summed E-state index contributed by atoms with van der Waals surface area (Å²) in [7, 11) is 0. The molecule has 0 saturated carbocycles. The second kappa shape index (κ2) is 6.88. The monoisotopic (exact) mass is 442 g/mol. The van der Waals surface area contributed by atoms with Gasteiger partial charge in [-0.1, -0.05) is 6.92 Å². The van der Waals surface area contributed by atoms with E-state index in [2.05, 4.69) is 22.3 Å². The molecule has 1 fully saturated rings. The van der Waals surface area contributed by atoms with Crippen molar-refractivity contribution < 1.29 is 9.59 Å². The summed E-state index contributed by atoms with van der Waals surface area (Å²) in [6.45, 7) is 8.07. The first-order chi connectivity index (χ1) is 14.7. The Morgan fingerprint density at radius 3 is 2.87 bits per heavy atom. The van der Waals surface area contributed by atoms with E-state index in [1.54, 1.807) is 32.1 Å². The Balaban J connectivity index is 1.59. The number of nitrogens with zero attached hydrogens (tertiary/aromatic N) is 5. The lowest BCUT2D eigenvalue weighted by molar-refractivity contribution is -0.149. The molecular formula is C21H26N6O3S.